The van der Waals surface area contributed by atoms with Gasteiger partial charge in [-0.2, -0.15) is 0 Å². The van der Waals surface area contributed by atoms with Crippen LogP contribution in [0.3, 0.4) is 0 Å². The second-order valence-corrected chi connectivity index (χ2v) is 4.05. The number of rotatable bonds is 1. The van der Waals surface area contributed by atoms with Crippen LogP contribution in [0.25, 0.3) is 0 Å². The van der Waals surface area contributed by atoms with E-state index in [4.69, 9.17) is 4.74 Å². The molecule has 0 radical (unpaired) electrons. The second-order valence-electron chi connectivity index (χ2n) is 4.05. The maximum atomic E-state index is 9.69. The van der Waals surface area contributed by atoms with Crippen molar-refractivity contribution >= 4 is 0 Å². The summed E-state index contributed by atoms with van der Waals surface area (Å²) in [6.45, 7) is 3.89. The summed E-state index contributed by atoms with van der Waals surface area (Å²) in [5.41, 5.74) is 1.14. The van der Waals surface area contributed by atoms with E-state index in [2.05, 4.69) is 0 Å². The molecule has 1 aliphatic rings. The van der Waals surface area contributed by atoms with E-state index >= 15 is 0 Å². The number of hydrogen-bond donors (Lipinski definition) is 1. The lowest BCUT2D eigenvalue weighted by Crippen LogP contribution is -2.28. The Morgan fingerprint density at radius 1 is 1.43 bits per heavy atom. The Balaban J connectivity index is 2.38. The summed E-state index contributed by atoms with van der Waals surface area (Å²) in [6, 6.07) is 7.97. The summed E-state index contributed by atoms with van der Waals surface area (Å²) in [4.78, 5) is 0. The average molecular weight is 192 g/mol. The lowest BCUT2D eigenvalue weighted by Gasteiger charge is -2.31. The minimum atomic E-state index is -0.303. The molecular weight excluding hydrogens is 176 g/mol. The van der Waals surface area contributed by atoms with Crippen molar-refractivity contribution in [1.82, 2.24) is 0 Å². The van der Waals surface area contributed by atoms with E-state index in [0.717, 1.165) is 17.7 Å². The van der Waals surface area contributed by atoms with Crippen LogP contribution >= 0.6 is 0 Å². The molecule has 1 aromatic carbocycles. The van der Waals surface area contributed by atoms with Gasteiger partial charge in [-0.05, 0) is 31.9 Å². The molecule has 0 aromatic heterocycles. The van der Waals surface area contributed by atoms with Gasteiger partial charge in [-0.25, -0.2) is 0 Å². The van der Waals surface area contributed by atoms with Crippen LogP contribution in [-0.2, 0) is 0 Å². The number of aliphatic hydroxyl groups is 1. The van der Waals surface area contributed by atoms with Crippen molar-refractivity contribution in [2.75, 3.05) is 0 Å². The van der Waals surface area contributed by atoms with Crippen LogP contribution in [0.2, 0.25) is 0 Å². The Bertz CT molecular complexity index is 320. The summed E-state index contributed by atoms with van der Waals surface area (Å²) < 4.78 is 5.70. The summed E-state index contributed by atoms with van der Waals surface area (Å²) in [5, 5.41) is 9.69. The van der Waals surface area contributed by atoms with Gasteiger partial charge in [-0.1, -0.05) is 18.2 Å². The lowest BCUT2D eigenvalue weighted by atomic mass is 9.86. The minimum absolute atomic E-state index is 0.199. The molecule has 2 nitrogen and oxygen atoms in total. The molecule has 3 unspecified atom stereocenters. The van der Waals surface area contributed by atoms with E-state index in [1.54, 1.807) is 0 Å². The van der Waals surface area contributed by atoms with Gasteiger partial charge in [0.2, 0.25) is 0 Å². The van der Waals surface area contributed by atoms with Gasteiger partial charge in [0.1, 0.15) is 5.75 Å². The fourth-order valence-corrected chi connectivity index (χ4v) is 2.10. The van der Waals surface area contributed by atoms with E-state index in [-0.39, 0.29) is 18.1 Å². The Labute approximate surface area is 84.5 Å². The van der Waals surface area contributed by atoms with Crippen LogP contribution in [0.4, 0.5) is 0 Å². The molecule has 3 atom stereocenters. The third-order valence-electron chi connectivity index (χ3n) is 2.81. The maximum absolute atomic E-state index is 9.69. The van der Waals surface area contributed by atoms with Crippen molar-refractivity contribution in [2.24, 2.45) is 0 Å². The highest BCUT2D eigenvalue weighted by Crippen LogP contribution is 2.37. The van der Waals surface area contributed by atoms with Crippen LogP contribution < -0.4 is 4.74 Å². The van der Waals surface area contributed by atoms with E-state index in [1.807, 2.05) is 38.1 Å². The molecule has 0 spiro atoms. The fourth-order valence-electron chi connectivity index (χ4n) is 2.10. The fraction of sp³-hybridized carbons (Fsp3) is 0.500. The van der Waals surface area contributed by atoms with Gasteiger partial charge in [0, 0.05) is 5.92 Å². The van der Waals surface area contributed by atoms with E-state index in [1.165, 1.54) is 0 Å². The van der Waals surface area contributed by atoms with Gasteiger partial charge in [0.25, 0.3) is 0 Å². The average Bonchev–Trinajstić information content (AvgIpc) is 2.16. The molecule has 1 N–H and O–H groups in total. The maximum Gasteiger partial charge on any atom is 0.123 e. The zero-order valence-corrected chi connectivity index (χ0v) is 8.60. The molecule has 0 aliphatic carbocycles. The van der Waals surface area contributed by atoms with Crippen molar-refractivity contribution in [3.63, 3.8) is 0 Å². The number of aliphatic hydroxyl groups excluding tert-OH is 1. The Morgan fingerprint density at radius 3 is 2.86 bits per heavy atom. The van der Waals surface area contributed by atoms with Crippen molar-refractivity contribution < 1.29 is 9.84 Å². The molecule has 1 aliphatic heterocycles. The normalized spacial score (nSPS) is 27.6. The standard InChI is InChI=1S/C12H16O2/c1-8-7-11(9(2)13)10-5-3-4-6-12(10)14-8/h3-6,8-9,11,13H,7H2,1-2H3. The van der Waals surface area contributed by atoms with Crippen LogP contribution in [0, 0.1) is 0 Å². The van der Waals surface area contributed by atoms with Gasteiger partial charge >= 0.3 is 0 Å². The first-order valence-electron chi connectivity index (χ1n) is 5.12. The smallest absolute Gasteiger partial charge is 0.123 e. The molecule has 14 heavy (non-hydrogen) atoms. The molecule has 2 heteroatoms. The van der Waals surface area contributed by atoms with E-state index < -0.39 is 0 Å². The first-order valence-corrected chi connectivity index (χ1v) is 5.12. The third kappa shape index (κ3) is 1.62. The number of ether oxygens (including phenoxy) is 1. The monoisotopic (exact) mass is 192 g/mol. The molecule has 0 saturated heterocycles. The molecule has 0 saturated carbocycles. The number of hydrogen-bond acceptors (Lipinski definition) is 2. The summed E-state index contributed by atoms with van der Waals surface area (Å²) in [6.07, 6.45) is 0.793. The highest BCUT2D eigenvalue weighted by Gasteiger charge is 2.28. The molecule has 0 amide bonds. The number of fused-ring (bicyclic) bond motifs is 1. The zero-order chi connectivity index (χ0) is 10.1. The molecule has 2 rings (SSSR count). The Morgan fingerprint density at radius 2 is 2.14 bits per heavy atom. The lowest BCUT2D eigenvalue weighted by molar-refractivity contribution is 0.102. The molecule has 0 fully saturated rings. The van der Waals surface area contributed by atoms with E-state index in [9.17, 15) is 5.11 Å². The van der Waals surface area contributed by atoms with Crippen molar-refractivity contribution in [3.8, 4) is 5.75 Å². The highest BCUT2D eigenvalue weighted by atomic mass is 16.5. The zero-order valence-electron chi connectivity index (χ0n) is 8.60. The highest BCUT2D eigenvalue weighted by molar-refractivity contribution is 5.38. The summed E-state index contributed by atoms with van der Waals surface area (Å²) in [7, 11) is 0. The Hall–Kier alpha value is -1.02. The third-order valence-corrected chi connectivity index (χ3v) is 2.81. The van der Waals surface area contributed by atoms with Crippen LogP contribution in [-0.4, -0.2) is 17.3 Å². The topological polar surface area (TPSA) is 29.5 Å². The largest absolute Gasteiger partial charge is 0.490 e. The predicted octanol–water partition coefficient (Wildman–Crippen LogP) is 2.32. The second kappa shape index (κ2) is 3.62. The van der Waals surface area contributed by atoms with Crippen molar-refractivity contribution in [3.05, 3.63) is 29.8 Å². The SMILES string of the molecule is CC1CC(C(C)O)c2ccccc2O1. The van der Waals surface area contributed by atoms with Crippen LogP contribution in [0.15, 0.2) is 24.3 Å². The molecule has 1 heterocycles. The van der Waals surface area contributed by atoms with Crippen molar-refractivity contribution in [2.45, 2.75) is 38.4 Å². The summed E-state index contributed by atoms with van der Waals surface area (Å²) >= 11 is 0. The first kappa shape index (κ1) is 9.53. The predicted molar refractivity (Wildman–Crippen MR) is 55.6 cm³/mol. The minimum Gasteiger partial charge on any atom is -0.490 e. The van der Waals surface area contributed by atoms with Gasteiger partial charge in [0.15, 0.2) is 0 Å². The van der Waals surface area contributed by atoms with Gasteiger partial charge in [0.05, 0.1) is 12.2 Å². The van der Waals surface area contributed by atoms with Crippen LogP contribution in [0.1, 0.15) is 31.7 Å². The number of benzene rings is 1. The van der Waals surface area contributed by atoms with Gasteiger partial charge < -0.3 is 9.84 Å². The van der Waals surface area contributed by atoms with Gasteiger partial charge in [-0.15, -0.1) is 0 Å². The van der Waals surface area contributed by atoms with Gasteiger partial charge in [-0.3, -0.25) is 0 Å². The van der Waals surface area contributed by atoms with Crippen LogP contribution in [0.5, 0.6) is 5.75 Å². The molecule has 1 aromatic rings. The van der Waals surface area contributed by atoms with Crippen molar-refractivity contribution in [1.29, 1.82) is 0 Å². The van der Waals surface area contributed by atoms with E-state index in [0.29, 0.717) is 0 Å². The summed E-state index contributed by atoms with van der Waals surface area (Å²) in [5.74, 6) is 1.15. The number of para-hydroxylation sites is 1. The molecule has 0 bridgehead atoms. The first-order chi connectivity index (χ1) is 6.68. The quantitative estimate of drug-likeness (QED) is 0.740. The molecular formula is C12H16O2. The Kier molecular flexibility index (Phi) is 2.46. The molecule has 76 valence electrons.